The Morgan fingerprint density at radius 1 is 1.29 bits per heavy atom. The number of hydrogen-bond acceptors (Lipinski definition) is 6. The maximum absolute atomic E-state index is 12.8. The molecule has 3 saturated heterocycles. The predicted octanol–water partition coefficient (Wildman–Crippen LogP) is -0.0957. The van der Waals surface area contributed by atoms with Crippen LogP contribution in [0.2, 0.25) is 0 Å². The molecule has 0 spiro atoms. The van der Waals surface area contributed by atoms with E-state index in [9.17, 15) is 19.5 Å². The highest BCUT2D eigenvalue weighted by atomic mass is 16.5. The number of ketones is 1. The second-order valence-corrected chi connectivity index (χ2v) is 6.27. The zero-order valence-corrected chi connectivity index (χ0v) is 13.8. The summed E-state index contributed by atoms with van der Waals surface area (Å²) in [7, 11) is 0. The first-order chi connectivity index (χ1) is 11.5. The molecule has 2 amide bonds. The summed E-state index contributed by atoms with van der Waals surface area (Å²) >= 11 is 0. The van der Waals surface area contributed by atoms with E-state index in [0.29, 0.717) is 26.2 Å². The van der Waals surface area contributed by atoms with E-state index < -0.39 is 23.9 Å². The summed E-state index contributed by atoms with van der Waals surface area (Å²) in [6.07, 6.45) is 1.66. The molecule has 132 valence electrons. The highest BCUT2D eigenvalue weighted by Crippen LogP contribution is 2.36. The van der Waals surface area contributed by atoms with Gasteiger partial charge in [0.05, 0.1) is 19.1 Å². The molecule has 8 nitrogen and oxygen atoms in total. The standard InChI is InChI=1S/C16H23N3O5/c1-2-17-12(21)9-11(20)14(22)13-15(23)19-7-4-8-24-16(19)10-5-3-6-18(10)13/h10,16,22H,2-9H2,1H3,(H,17,21)/b14-13+. The smallest absolute Gasteiger partial charge is 0.276 e. The average Bonchev–Trinajstić information content (AvgIpc) is 3.04. The molecule has 0 bridgehead atoms. The largest absolute Gasteiger partial charge is 0.503 e. The van der Waals surface area contributed by atoms with Crippen molar-refractivity contribution in [3.8, 4) is 0 Å². The van der Waals surface area contributed by atoms with Crippen molar-refractivity contribution in [1.82, 2.24) is 15.1 Å². The Kier molecular flexibility index (Phi) is 4.75. The molecule has 0 aromatic carbocycles. The third-order valence-electron chi connectivity index (χ3n) is 4.70. The summed E-state index contributed by atoms with van der Waals surface area (Å²) < 4.78 is 5.76. The molecule has 24 heavy (non-hydrogen) atoms. The van der Waals surface area contributed by atoms with Crippen molar-refractivity contribution in [3.05, 3.63) is 11.5 Å². The molecule has 8 heteroatoms. The molecule has 2 unspecified atom stereocenters. The summed E-state index contributed by atoms with van der Waals surface area (Å²) in [5.74, 6) is -2.19. The Morgan fingerprint density at radius 2 is 2.04 bits per heavy atom. The summed E-state index contributed by atoms with van der Waals surface area (Å²) in [6, 6.07) is -0.0441. The normalized spacial score (nSPS) is 28.3. The fraction of sp³-hybridized carbons (Fsp3) is 0.688. The van der Waals surface area contributed by atoms with Crippen LogP contribution in [-0.4, -0.2) is 71.0 Å². The van der Waals surface area contributed by atoms with Gasteiger partial charge < -0.3 is 25.0 Å². The number of nitrogens with zero attached hydrogens (tertiary/aromatic N) is 2. The number of rotatable bonds is 4. The van der Waals surface area contributed by atoms with Gasteiger partial charge in [0.15, 0.2) is 12.0 Å². The van der Waals surface area contributed by atoms with E-state index in [1.165, 1.54) is 0 Å². The molecule has 3 rings (SSSR count). The van der Waals surface area contributed by atoms with Crippen molar-refractivity contribution >= 4 is 17.6 Å². The van der Waals surface area contributed by atoms with Crippen LogP contribution in [0.3, 0.4) is 0 Å². The van der Waals surface area contributed by atoms with Gasteiger partial charge in [-0.25, -0.2) is 0 Å². The van der Waals surface area contributed by atoms with Gasteiger partial charge in [0.2, 0.25) is 11.7 Å². The number of ether oxygens (including phenoxy) is 1. The molecule has 3 aliphatic rings. The third-order valence-corrected chi connectivity index (χ3v) is 4.70. The topological polar surface area (TPSA) is 99.2 Å². The number of amides is 2. The zero-order chi connectivity index (χ0) is 17.3. The van der Waals surface area contributed by atoms with E-state index in [4.69, 9.17) is 4.74 Å². The fourth-order valence-corrected chi connectivity index (χ4v) is 3.68. The van der Waals surface area contributed by atoms with Crippen LogP contribution >= 0.6 is 0 Å². The van der Waals surface area contributed by atoms with Gasteiger partial charge in [0.1, 0.15) is 5.70 Å². The molecule has 0 aromatic rings. The number of hydrogen-bond donors (Lipinski definition) is 2. The van der Waals surface area contributed by atoms with E-state index in [1.54, 1.807) is 16.7 Å². The summed E-state index contributed by atoms with van der Waals surface area (Å²) in [5, 5.41) is 12.9. The Hall–Kier alpha value is -2.09. The number of carbonyl (C=O) groups excluding carboxylic acids is 3. The Morgan fingerprint density at radius 3 is 2.79 bits per heavy atom. The SMILES string of the molecule is CCNC(=O)CC(=O)/C(O)=C1/C(=O)N2CCCOC2C2CCCN12. The maximum atomic E-state index is 12.8. The van der Waals surface area contributed by atoms with Crippen LogP contribution in [0.15, 0.2) is 11.5 Å². The Labute approximate surface area is 140 Å². The van der Waals surface area contributed by atoms with Gasteiger partial charge in [0.25, 0.3) is 5.91 Å². The second kappa shape index (κ2) is 6.80. The highest BCUT2D eigenvalue weighted by molar-refractivity contribution is 6.10. The van der Waals surface area contributed by atoms with Gasteiger partial charge in [-0.3, -0.25) is 14.4 Å². The fourth-order valence-electron chi connectivity index (χ4n) is 3.68. The monoisotopic (exact) mass is 337 g/mol. The molecule has 3 aliphatic heterocycles. The van der Waals surface area contributed by atoms with Crippen LogP contribution in [0.1, 0.15) is 32.6 Å². The van der Waals surface area contributed by atoms with Crippen LogP contribution in [-0.2, 0) is 19.1 Å². The van der Waals surface area contributed by atoms with E-state index in [2.05, 4.69) is 5.32 Å². The quantitative estimate of drug-likeness (QED) is 0.422. The lowest BCUT2D eigenvalue weighted by atomic mass is 10.0. The van der Waals surface area contributed by atoms with Gasteiger partial charge in [-0.1, -0.05) is 0 Å². The van der Waals surface area contributed by atoms with Crippen molar-refractivity contribution in [2.45, 2.75) is 44.9 Å². The molecule has 0 aliphatic carbocycles. The lowest BCUT2D eigenvalue weighted by Crippen LogP contribution is -2.62. The number of carbonyl (C=O) groups is 3. The van der Waals surface area contributed by atoms with Crippen LogP contribution < -0.4 is 5.32 Å². The Bertz CT molecular complexity index is 588. The minimum absolute atomic E-state index is 0.0218. The zero-order valence-electron chi connectivity index (χ0n) is 13.8. The molecule has 2 atom stereocenters. The number of Topliss-reactive ketones (excluding diaryl/α,β-unsaturated/α-hetero) is 1. The third kappa shape index (κ3) is 2.86. The van der Waals surface area contributed by atoms with E-state index in [1.807, 2.05) is 0 Å². The minimum Gasteiger partial charge on any atom is -0.503 e. The molecule has 0 radical (unpaired) electrons. The van der Waals surface area contributed by atoms with E-state index in [0.717, 1.165) is 19.3 Å². The molecule has 3 fully saturated rings. The van der Waals surface area contributed by atoms with Crippen molar-refractivity contribution in [2.24, 2.45) is 0 Å². The van der Waals surface area contributed by atoms with Gasteiger partial charge in [-0.15, -0.1) is 0 Å². The lowest BCUT2D eigenvalue weighted by molar-refractivity contribution is -0.172. The molecule has 2 N–H and O–H groups in total. The number of allylic oxidation sites excluding steroid dienone is 1. The first kappa shape index (κ1) is 16.8. The summed E-state index contributed by atoms with van der Waals surface area (Å²) in [6.45, 7) is 3.91. The van der Waals surface area contributed by atoms with Crippen molar-refractivity contribution in [2.75, 3.05) is 26.2 Å². The minimum atomic E-state index is -0.730. The first-order valence-electron chi connectivity index (χ1n) is 8.47. The van der Waals surface area contributed by atoms with Crippen LogP contribution in [0.5, 0.6) is 0 Å². The van der Waals surface area contributed by atoms with Crippen LogP contribution in [0.25, 0.3) is 0 Å². The molecular formula is C16H23N3O5. The summed E-state index contributed by atoms with van der Waals surface area (Å²) in [4.78, 5) is 40.0. The van der Waals surface area contributed by atoms with Gasteiger partial charge >= 0.3 is 0 Å². The van der Waals surface area contributed by atoms with Crippen LogP contribution in [0, 0.1) is 0 Å². The number of fused-ring (bicyclic) bond motifs is 3. The maximum Gasteiger partial charge on any atom is 0.276 e. The molecule has 0 saturated carbocycles. The number of piperazine rings is 1. The van der Waals surface area contributed by atoms with Gasteiger partial charge in [0, 0.05) is 19.6 Å². The van der Waals surface area contributed by atoms with Crippen molar-refractivity contribution in [1.29, 1.82) is 0 Å². The lowest BCUT2D eigenvalue weighted by Gasteiger charge is -2.47. The average molecular weight is 337 g/mol. The predicted molar refractivity (Wildman–Crippen MR) is 83.8 cm³/mol. The van der Waals surface area contributed by atoms with Gasteiger partial charge in [-0.2, -0.15) is 0 Å². The number of aliphatic hydroxyl groups is 1. The first-order valence-corrected chi connectivity index (χ1v) is 8.47. The molecule has 3 heterocycles. The van der Waals surface area contributed by atoms with Crippen molar-refractivity contribution < 1.29 is 24.2 Å². The second-order valence-electron chi connectivity index (χ2n) is 6.27. The van der Waals surface area contributed by atoms with E-state index >= 15 is 0 Å². The van der Waals surface area contributed by atoms with Crippen LogP contribution in [0.4, 0.5) is 0 Å². The highest BCUT2D eigenvalue weighted by Gasteiger charge is 2.49. The van der Waals surface area contributed by atoms with Gasteiger partial charge in [-0.05, 0) is 26.2 Å². The number of aliphatic hydroxyl groups excluding tert-OH is 1. The molecule has 0 aromatic heterocycles. The number of nitrogens with one attached hydrogen (secondary N) is 1. The molecular weight excluding hydrogens is 314 g/mol. The van der Waals surface area contributed by atoms with Crippen molar-refractivity contribution in [3.63, 3.8) is 0 Å². The Balaban J connectivity index is 1.88. The summed E-state index contributed by atoms with van der Waals surface area (Å²) in [5.41, 5.74) is 0.0218. The van der Waals surface area contributed by atoms with E-state index in [-0.39, 0.29) is 23.9 Å².